The second-order valence-electron chi connectivity index (χ2n) is 8.93. The summed E-state index contributed by atoms with van der Waals surface area (Å²) in [7, 11) is 0. The Balaban J connectivity index is 1.66. The molecule has 0 bridgehead atoms. The second-order valence-corrected chi connectivity index (χ2v) is 8.93. The third-order valence-electron chi connectivity index (χ3n) is 6.87. The van der Waals surface area contributed by atoms with E-state index in [0.717, 1.165) is 24.7 Å². The van der Waals surface area contributed by atoms with Gasteiger partial charge in [-0.1, -0.05) is 58.8 Å². The molecule has 0 N–H and O–H groups in total. The van der Waals surface area contributed by atoms with Gasteiger partial charge in [-0.2, -0.15) is 5.26 Å². The molecule has 2 fully saturated rings. The van der Waals surface area contributed by atoms with Crippen LogP contribution in [0.3, 0.4) is 0 Å². The van der Waals surface area contributed by atoms with Crippen LogP contribution in [0.5, 0.6) is 0 Å². The first-order valence-corrected chi connectivity index (χ1v) is 11.2. The Hall–Kier alpha value is -0.550. The summed E-state index contributed by atoms with van der Waals surface area (Å²) in [6.45, 7) is 5.25. The smallest absolute Gasteiger partial charge is 0.0807 e. The maximum Gasteiger partial charge on any atom is 0.0807 e. The van der Waals surface area contributed by atoms with Crippen molar-refractivity contribution in [2.24, 2.45) is 17.3 Å². The van der Waals surface area contributed by atoms with Crippen LogP contribution in [-0.4, -0.2) is 12.7 Å². The first-order valence-electron chi connectivity index (χ1n) is 11.2. The Labute approximate surface area is 156 Å². The van der Waals surface area contributed by atoms with Crippen LogP contribution in [-0.2, 0) is 4.74 Å². The van der Waals surface area contributed by atoms with E-state index < -0.39 is 0 Å². The third-order valence-corrected chi connectivity index (χ3v) is 6.87. The van der Waals surface area contributed by atoms with Crippen LogP contribution in [0.4, 0.5) is 0 Å². The van der Waals surface area contributed by atoms with Gasteiger partial charge < -0.3 is 4.74 Å². The zero-order valence-corrected chi connectivity index (χ0v) is 16.9. The van der Waals surface area contributed by atoms with Crippen molar-refractivity contribution in [1.29, 1.82) is 5.26 Å². The van der Waals surface area contributed by atoms with Crippen molar-refractivity contribution in [2.45, 2.75) is 116 Å². The fourth-order valence-electron chi connectivity index (χ4n) is 4.85. The zero-order chi connectivity index (χ0) is 18.0. The molecule has 0 aromatic carbocycles. The highest BCUT2D eigenvalue weighted by Crippen LogP contribution is 2.41. The molecule has 2 heteroatoms. The predicted molar refractivity (Wildman–Crippen MR) is 105 cm³/mol. The molecule has 25 heavy (non-hydrogen) atoms. The quantitative estimate of drug-likeness (QED) is 0.397. The van der Waals surface area contributed by atoms with Crippen molar-refractivity contribution in [2.75, 3.05) is 6.61 Å². The van der Waals surface area contributed by atoms with E-state index in [2.05, 4.69) is 19.9 Å². The molecule has 2 aliphatic carbocycles. The maximum atomic E-state index is 9.77. The van der Waals surface area contributed by atoms with Crippen LogP contribution in [0.25, 0.3) is 0 Å². The van der Waals surface area contributed by atoms with Gasteiger partial charge >= 0.3 is 0 Å². The van der Waals surface area contributed by atoms with Gasteiger partial charge in [0.05, 0.1) is 24.2 Å². The molecule has 2 rings (SSSR count). The van der Waals surface area contributed by atoms with Crippen LogP contribution in [0.15, 0.2) is 0 Å². The van der Waals surface area contributed by atoms with Crippen molar-refractivity contribution in [1.82, 2.24) is 0 Å². The van der Waals surface area contributed by atoms with Crippen LogP contribution in [0.1, 0.15) is 110 Å². The van der Waals surface area contributed by atoms with Gasteiger partial charge in [0.15, 0.2) is 0 Å². The number of hydrogen-bond donors (Lipinski definition) is 0. The summed E-state index contributed by atoms with van der Waals surface area (Å²) in [5.41, 5.74) is -0.180. The summed E-state index contributed by atoms with van der Waals surface area (Å²) in [6.07, 6.45) is 19.7. The molecule has 0 saturated heterocycles. The molecule has 0 spiro atoms. The lowest BCUT2D eigenvalue weighted by Crippen LogP contribution is -2.34. The minimum absolute atomic E-state index is 0.180. The average Bonchev–Trinajstić information content (AvgIpc) is 2.67. The van der Waals surface area contributed by atoms with E-state index in [1.54, 1.807) is 0 Å². The summed E-state index contributed by atoms with van der Waals surface area (Å²) in [6, 6.07) is 2.65. The molecule has 2 saturated carbocycles. The first-order chi connectivity index (χ1) is 12.2. The number of ether oxygens (including phenoxy) is 1. The molecule has 0 heterocycles. The number of rotatable bonds is 10. The molecule has 2 aliphatic rings. The normalized spacial score (nSPS) is 33.1. The molecule has 0 aromatic heterocycles. The fraction of sp³-hybridized carbons (Fsp3) is 0.957. The summed E-state index contributed by atoms with van der Waals surface area (Å²) in [4.78, 5) is 0. The molecule has 0 aliphatic heterocycles. The maximum absolute atomic E-state index is 9.77. The second kappa shape index (κ2) is 11.2. The van der Waals surface area contributed by atoms with E-state index in [1.165, 1.54) is 83.5 Å². The van der Waals surface area contributed by atoms with Crippen molar-refractivity contribution in [3.63, 3.8) is 0 Å². The van der Waals surface area contributed by atoms with Gasteiger partial charge in [0, 0.05) is 0 Å². The molecule has 2 nitrogen and oxygen atoms in total. The lowest BCUT2D eigenvalue weighted by Gasteiger charge is -2.37. The third kappa shape index (κ3) is 6.93. The van der Waals surface area contributed by atoms with E-state index in [-0.39, 0.29) is 5.41 Å². The highest BCUT2D eigenvalue weighted by molar-refractivity contribution is 5.02. The topological polar surface area (TPSA) is 33.0 Å². The van der Waals surface area contributed by atoms with Crippen molar-refractivity contribution in [3.05, 3.63) is 0 Å². The minimum Gasteiger partial charge on any atom is -0.377 e. The standard InChI is InChI=1S/C23H41NO/c1-3-5-7-9-20-10-12-22(13-11-20)25-19-23(18-24)16-14-21(15-17-23)8-6-4-2/h20-22H,3-17,19H2,1-2H3/t20-,21-,22-,23+. The molecule has 0 unspecified atom stereocenters. The van der Waals surface area contributed by atoms with Crippen molar-refractivity contribution < 1.29 is 4.74 Å². The van der Waals surface area contributed by atoms with Gasteiger partial charge in [0.25, 0.3) is 0 Å². The van der Waals surface area contributed by atoms with Gasteiger partial charge in [0.1, 0.15) is 0 Å². The number of unbranched alkanes of at least 4 members (excludes halogenated alkanes) is 3. The lowest BCUT2D eigenvalue weighted by atomic mass is 9.70. The largest absolute Gasteiger partial charge is 0.377 e. The Bertz CT molecular complexity index is 383. The highest BCUT2D eigenvalue weighted by Gasteiger charge is 2.36. The highest BCUT2D eigenvalue weighted by atomic mass is 16.5. The van der Waals surface area contributed by atoms with Crippen LogP contribution in [0.2, 0.25) is 0 Å². The molecule has 0 atom stereocenters. The van der Waals surface area contributed by atoms with Gasteiger partial charge in [-0.25, -0.2) is 0 Å². The van der Waals surface area contributed by atoms with Crippen molar-refractivity contribution >= 4 is 0 Å². The van der Waals surface area contributed by atoms with E-state index in [1.807, 2.05) is 0 Å². The predicted octanol–water partition coefficient (Wildman–Crippen LogP) is 7.03. The molecule has 144 valence electrons. The van der Waals surface area contributed by atoms with Gasteiger partial charge in [-0.05, 0) is 63.2 Å². The number of hydrogen-bond acceptors (Lipinski definition) is 2. The van der Waals surface area contributed by atoms with Crippen LogP contribution < -0.4 is 0 Å². The van der Waals surface area contributed by atoms with E-state index in [9.17, 15) is 5.26 Å². The molecule has 0 amide bonds. The first kappa shape index (κ1) is 20.8. The van der Waals surface area contributed by atoms with E-state index in [0.29, 0.717) is 12.7 Å². The van der Waals surface area contributed by atoms with Gasteiger partial charge in [-0.3, -0.25) is 0 Å². The number of nitrogens with zero attached hydrogens (tertiary/aromatic N) is 1. The zero-order valence-electron chi connectivity index (χ0n) is 16.9. The van der Waals surface area contributed by atoms with E-state index >= 15 is 0 Å². The summed E-state index contributed by atoms with van der Waals surface area (Å²) < 4.78 is 6.28. The minimum atomic E-state index is -0.180. The molecular weight excluding hydrogens is 306 g/mol. The fourth-order valence-corrected chi connectivity index (χ4v) is 4.85. The summed E-state index contributed by atoms with van der Waals surface area (Å²) in [5.74, 6) is 1.80. The molecule has 0 aromatic rings. The lowest BCUT2D eigenvalue weighted by molar-refractivity contribution is -0.0300. The van der Waals surface area contributed by atoms with E-state index in [4.69, 9.17) is 4.74 Å². The van der Waals surface area contributed by atoms with Crippen LogP contribution in [0, 0.1) is 28.6 Å². The summed E-state index contributed by atoms with van der Waals surface area (Å²) in [5, 5.41) is 9.77. The Morgan fingerprint density at radius 1 is 0.840 bits per heavy atom. The number of nitriles is 1. The average molecular weight is 348 g/mol. The summed E-state index contributed by atoms with van der Waals surface area (Å²) >= 11 is 0. The Kier molecular flexibility index (Phi) is 9.32. The van der Waals surface area contributed by atoms with Gasteiger partial charge in [-0.15, -0.1) is 0 Å². The molecular formula is C23H41NO. The Morgan fingerprint density at radius 2 is 1.44 bits per heavy atom. The Morgan fingerprint density at radius 3 is 2.04 bits per heavy atom. The SMILES string of the molecule is CCCCC[C@H]1CC[C@H](OC[C@]2(C#N)CC[C@H](CCCC)CC2)CC1. The molecule has 0 radical (unpaired) electrons. The van der Waals surface area contributed by atoms with Gasteiger partial charge in [0.2, 0.25) is 0 Å². The monoisotopic (exact) mass is 347 g/mol. The van der Waals surface area contributed by atoms with Crippen molar-refractivity contribution in [3.8, 4) is 6.07 Å². The van der Waals surface area contributed by atoms with Crippen LogP contribution >= 0.6 is 0 Å².